The van der Waals surface area contributed by atoms with E-state index in [2.05, 4.69) is 11.7 Å². The molecule has 1 aromatic rings. The zero-order valence-corrected chi connectivity index (χ0v) is 11.3. The van der Waals surface area contributed by atoms with E-state index in [0.717, 1.165) is 0 Å². The van der Waals surface area contributed by atoms with Crippen molar-refractivity contribution in [3.05, 3.63) is 48.6 Å². The summed E-state index contributed by atoms with van der Waals surface area (Å²) in [7, 11) is 3.73. The molecule has 16 heavy (non-hydrogen) atoms. The van der Waals surface area contributed by atoms with Crippen LogP contribution >= 0.6 is 17.0 Å². The summed E-state index contributed by atoms with van der Waals surface area (Å²) in [6.07, 6.45) is 1.75. The van der Waals surface area contributed by atoms with Crippen molar-refractivity contribution in [2.75, 3.05) is 20.6 Å². The fourth-order valence-corrected chi connectivity index (χ4v) is 1.24. The molecule has 0 saturated carbocycles. The van der Waals surface area contributed by atoms with Crippen LogP contribution in [0.5, 0.6) is 0 Å². The van der Waals surface area contributed by atoms with Crippen LogP contribution in [0, 0.1) is 0 Å². The number of rotatable bonds is 4. The van der Waals surface area contributed by atoms with E-state index in [1.807, 2.05) is 32.3 Å². The summed E-state index contributed by atoms with van der Waals surface area (Å²) in [6, 6.07) is 9.06. The fourth-order valence-electron chi connectivity index (χ4n) is 1.24. The first-order valence-corrected chi connectivity index (χ1v) is 4.82. The molecule has 0 aliphatic heterocycles. The Morgan fingerprint density at radius 2 is 1.94 bits per heavy atom. The number of likely N-dealkylation sites (N-methyl/N-ethyl adjacent to an activating group) is 1. The van der Waals surface area contributed by atoms with Crippen LogP contribution in [0.1, 0.15) is 5.56 Å². The number of nitrogens with zero attached hydrogens (tertiary/aromatic N) is 2. The van der Waals surface area contributed by atoms with Crippen molar-refractivity contribution in [2.45, 2.75) is 0 Å². The van der Waals surface area contributed by atoms with Gasteiger partial charge in [-0.25, -0.2) is 0 Å². The van der Waals surface area contributed by atoms with Gasteiger partial charge in [-0.15, -0.1) is 17.0 Å². The maximum Gasteiger partial charge on any atom is 0.121 e. The van der Waals surface area contributed by atoms with E-state index in [9.17, 15) is 5.11 Å². The first-order chi connectivity index (χ1) is 7.05. The maximum absolute atomic E-state index is 11.7. The summed E-state index contributed by atoms with van der Waals surface area (Å²) in [5, 5.41) is 15.8. The highest BCUT2D eigenvalue weighted by Gasteiger charge is 2.10. The first-order valence-electron chi connectivity index (χ1n) is 4.82. The molecule has 0 amide bonds. The van der Waals surface area contributed by atoms with Gasteiger partial charge in [0.2, 0.25) is 0 Å². The van der Waals surface area contributed by atoms with E-state index in [0.29, 0.717) is 12.1 Å². The van der Waals surface area contributed by atoms with Gasteiger partial charge >= 0.3 is 0 Å². The Kier molecular flexibility index (Phi) is 6.00. The van der Waals surface area contributed by atoms with Gasteiger partial charge in [0.1, 0.15) is 6.54 Å². The Morgan fingerprint density at radius 3 is 2.44 bits per heavy atom. The van der Waals surface area contributed by atoms with Crippen LogP contribution in [-0.2, 0) is 0 Å². The highest BCUT2D eigenvalue weighted by atomic mass is 79.9. The van der Waals surface area contributed by atoms with Gasteiger partial charge in [-0.3, -0.25) is 0 Å². The molecule has 88 valence electrons. The summed E-state index contributed by atoms with van der Waals surface area (Å²) in [5.74, 6) is -0.192. The second kappa shape index (κ2) is 6.45. The zero-order valence-electron chi connectivity index (χ0n) is 9.59. The molecule has 0 atom stereocenters. The van der Waals surface area contributed by atoms with Gasteiger partial charge in [-0.1, -0.05) is 42.0 Å². The van der Waals surface area contributed by atoms with E-state index in [-0.39, 0.29) is 27.5 Å². The van der Waals surface area contributed by atoms with Gasteiger partial charge in [-0.05, 0) is 11.6 Å². The molecule has 0 fully saturated rings. The van der Waals surface area contributed by atoms with Crippen LogP contribution in [-0.4, -0.2) is 31.1 Å². The van der Waals surface area contributed by atoms with E-state index < -0.39 is 0 Å². The minimum atomic E-state index is -0.192. The van der Waals surface area contributed by atoms with Crippen LogP contribution in [0.25, 0.3) is 0 Å². The number of benzene rings is 1. The van der Waals surface area contributed by atoms with Gasteiger partial charge < -0.3 is 5.11 Å². The van der Waals surface area contributed by atoms with Crippen molar-refractivity contribution in [2.24, 2.45) is 5.10 Å². The summed E-state index contributed by atoms with van der Waals surface area (Å²) >= 11 is 0. The Bertz CT molecular complexity index is 361. The molecule has 1 aromatic carbocycles. The summed E-state index contributed by atoms with van der Waals surface area (Å²) in [6.45, 7) is 4.28. The largest absolute Gasteiger partial charge is 0.855 e. The topological polar surface area (TPSA) is 35.4 Å². The van der Waals surface area contributed by atoms with Crippen molar-refractivity contribution in [1.82, 2.24) is 0 Å². The number of quaternary nitrogens is 1. The molecule has 0 heterocycles. The third kappa shape index (κ3) is 4.59. The number of hydrogen-bond donors (Lipinski definition) is 0. The van der Waals surface area contributed by atoms with E-state index >= 15 is 0 Å². The average Bonchev–Trinajstić information content (AvgIpc) is 2.18. The van der Waals surface area contributed by atoms with Crippen molar-refractivity contribution in [3.63, 3.8) is 0 Å². The quantitative estimate of drug-likeness (QED) is 0.272. The molecule has 0 spiro atoms. The lowest BCUT2D eigenvalue weighted by Gasteiger charge is -2.23. The van der Waals surface area contributed by atoms with E-state index in [1.54, 1.807) is 18.2 Å². The highest BCUT2D eigenvalue weighted by Crippen LogP contribution is 2.03. The highest BCUT2D eigenvalue weighted by molar-refractivity contribution is 8.93. The molecule has 1 rings (SSSR count). The molecule has 0 bridgehead atoms. The molecule has 0 radical (unpaired) electrons. The molecule has 0 saturated heterocycles. The second-order valence-corrected chi connectivity index (χ2v) is 3.86. The summed E-state index contributed by atoms with van der Waals surface area (Å²) < 4.78 is 0.275. The van der Waals surface area contributed by atoms with Crippen LogP contribution in [0.15, 0.2) is 48.1 Å². The summed E-state index contributed by atoms with van der Waals surface area (Å²) in [4.78, 5) is 0. The summed E-state index contributed by atoms with van der Waals surface area (Å²) in [5.41, 5.74) is 0.618. The minimum absolute atomic E-state index is 0. The predicted octanol–water partition coefficient (Wildman–Crippen LogP) is 1.55. The Morgan fingerprint density at radius 1 is 1.38 bits per heavy atom. The van der Waals surface area contributed by atoms with E-state index in [1.165, 1.54) is 0 Å². The Hall–Kier alpha value is -1.13. The molecule has 0 aromatic heterocycles. The van der Waals surface area contributed by atoms with Gasteiger partial charge in [0.25, 0.3) is 0 Å². The maximum atomic E-state index is 11.7. The Labute approximate surface area is 107 Å². The molecule has 0 aliphatic carbocycles. The van der Waals surface area contributed by atoms with Crippen LogP contribution in [0.2, 0.25) is 0 Å². The van der Waals surface area contributed by atoms with Crippen LogP contribution < -0.4 is 5.11 Å². The normalized spacial score (nSPS) is 11.8. The lowest BCUT2D eigenvalue weighted by molar-refractivity contribution is -0.892. The number of halogens is 1. The molecule has 4 heteroatoms. The monoisotopic (exact) mass is 284 g/mol. The van der Waals surface area contributed by atoms with Gasteiger partial charge in [-0.2, -0.15) is 4.59 Å². The third-order valence-electron chi connectivity index (χ3n) is 1.96. The van der Waals surface area contributed by atoms with Gasteiger partial charge in [0, 0.05) is 0 Å². The second-order valence-electron chi connectivity index (χ2n) is 3.86. The van der Waals surface area contributed by atoms with Crippen molar-refractivity contribution < 1.29 is 9.70 Å². The molecule has 3 nitrogen and oxygen atoms in total. The van der Waals surface area contributed by atoms with Crippen LogP contribution in [0.4, 0.5) is 0 Å². The van der Waals surface area contributed by atoms with E-state index in [4.69, 9.17) is 0 Å². The van der Waals surface area contributed by atoms with Crippen molar-refractivity contribution in [3.8, 4) is 0 Å². The predicted molar refractivity (Wildman–Crippen MR) is 70.5 cm³/mol. The van der Waals surface area contributed by atoms with Crippen molar-refractivity contribution >= 4 is 22.9 Å². The molecule has 0 N–H and O–H groups in total. The van der Waals surface area contributed by atoms with Crippen molar-refractivity contribution in [1.29, 1.82) is 0 Å². The van der Waals surface area contributed by atoms with Gasteiger partial charge in [0.15, 0.2) is 0 Å². The smallest absolute Gasteiger partial charge is 0.121 e. The van der Waals surface area contributed by atoms with Crippen LogP contribution in [0.3, 0.4) is 0 Å². The molecule has 0 aliphatic rings. The molecular weight excluding hydrogens is 268 g/mol. The van der Waals surface area contributed by atoms with Gasteiger partial charge in [0.05, 0.1) is 20.0 Å². The average molecular weight is 285 g/mol. The first kappa shape index (κ1) is 14.9. The number of hydrogen-bond acceptors (Lipinski definition) is 2. The molecular formula is C12H17BrN2O. The molecule has 0 unspecified atom stereocenters. The standard InChI is InChI=1S/C12H16N2O.BrH/c1-4-10-14(2,3)13-12(15)11-8-6-5-7-9-11;/h4-9H,1,10H2,2-3H3;1H. The lowest BCUT2D eigenvalue weighted by Crippen LogP contribution is -2.37. The zero-order chi connectivity index (χ0) is 11.3. The SMILES string of the molecule is Br.C=CC[N+](C)(C)/N=C(\[O-])c1ccccc1. The Balaban J connectivity index is 0.00000225. The third-order valence-corrected chi connectivity index (χ3v) is 1.96. The fraction of sp³-hybridized carbons (Fsp3) is 0.250. The minimum Gasteiger partial charge on any atom is -0.855 e. The lowest BCUT2D eigenvalue weighted by atomic mass is 10.2.